The highest BCUT2D eigenvalue weighted by Crippen LogP contribution is 2.18. The lowest BCUT2D eigenvalue weighted by Gasteiger charge is -2.18. The third-order valence-electron chi connectivity index (χ3n) is 14.8. The van der Waals surface area contributed by atoms with Gasteiger partial charge in [-0.2, -0.15) is 0 Å². The van der Waals surface area contributed by atoms with E-state index in [0.717, 1.165) is 109 Å². The first kappa shape index (κ1) is 73.1. The molecule has 0 aromatic rings. The topological polar surface area (TPSA) is 78.9 Å². The van der Waals surface area contributed by atoms with Gasteiger partial charge in [0.15, 0.2) is 6.10 Å². The van der Waals surface area contributed by atoms with Crippen molar-refractivity contribution in [2.45, 2.75) is 354 Å². The lowest BCUT2D eigenvalue weighted by atomic mass is 10.0. The summed E-state index contributed by atoms with van der Waals surface area (Å²) >= 11 is 0. The van der Waals surface area contributed by atoms with Crippen LogP contribution in [-0.4, -0.2) is 37.2 Å². The molecule has 442 valence electrons. The first-order valence-electron chi connectivity index (χ1n) is 33.3. The maximum absolute atomic E-state index is 12.9. The second-order valence-corrected chi connectivity index (χ2v) is 22.4. The van der Waals surface area contributed by atoms with Gasteiger partial charge in [0.1, 0.15) is 13.2 Å². The largest absolute Gasteiger partial charge is 0.462 e. The number of esters is 3. The molecule has 0 radical (unpaired) electrons. The van der Waals surface area contributed by atoms with Crippen LogP contribution in [0.4, 0.5) is 0 Å². The first-order chi connectivity index (χ1) is 37.5. The molecule has 0 bridgehead atoms. The van der Waals surface area contributed by atoms with Crippen LogP contribution in [-0.2, 0) is 28.6 Å². The van der Waals surface area contributed by atoms with Crippen LogP contribution in [0.2, 0.25) is 0 Å². The maximum Gasteiger partial charge on any atom is 0.306 e. The molecule has 1 unspecified atom stereocenters. The van der Waals surface area contributed by atoms with Crippen LogP contribution < -0.4 is 0 Å². The molecule has 6 heteroatoms. The number of ether oxygens (including phenoxy) is 3. The molecular weight excluding hydrogens is 937 g/mol. The number of rotatable bonds is 61. The van der Waals surface area contributed by atoms with Crippen molar-refractivity contribution in [2.75, 3.05) is 13.2 Å². The lowest BCUT2D eigenvalue weighted by Crippen LogP contribution is -2.30. The van der Waals surface area contributed by atoms with E-state index in [-0.39, 0.29) is 31.1 Å². The van der Waals surface area contributed by atoms with Crippen LogP contribution >= 0.6 is 0 Å². The van der Waals surface area contributed by atoms with Crippen molar-refractivity contribution >= 4 is 17.9 Å². The van der Waals surface area contributed by atoms with E-state index in [4.69, 9.17) is 14.2 Å². The van der Waals surface area contributed by atoms with Gasteiger partial charge in [-0.1, -0.05) is 326 Å². The highest BCUT2D eigenvalue weighted by atomic mass is 16.6. The van der Waals surface area contributed by atoms with E-state index in [0.29, 0.717) is 19.3 Å². The predicted octanol–water partition coefficient (Wildman–Crippen LogP) is 22.7. The van der Waals surface area contributed by atoms with Crippen LogP contribution in [0.1, 0.15) is 348 Å². The van der Waals surface area contributed by atoms with Gasteiger partial charge in [-0.05, 0) is 64.2 Å². The summed E-state index contributed by atoms with van der Waals surface area (Å²) in [5, 5.41) is 0. The van der Waals surface area contributed by atoms with Gasteiger partial charge in [0.25, 0.3) is 0 Å². The highest BCUT2D eigenvalue weighted by molar-refractivity contribution is 5.71. The molecule has 0 aliphatic rings. The zero-order valence-corrected chi connectivity index (χ0v) is 50.8. The third-order valence-corrected chi connectivity index (χ3v) is 14.8. The molecule has 0 aliphatic carbocycles. The number of carbonyl (C=O) groups is 3. The second kappa shape index (κ2) is 64.6. The number of carbonyl (C=O) groups excluding carboxylic acids is 3. The van der Waals surface area contributed by atoms with Gasteiger partial charge >= 0.3 is 17.9 Å². The molecule has 0 heterocycles. The molecular formula is C70H126O6. The van der Waals surface area contributed by atoms with E-state index in [2.05, 4.69) is 81.5 Å². The fraction of sp³-hybridized carbons (Fsp3) is 0.814. The predicted molar refractivity (Wildman–Crippen MR) is 330 cm³/mol. The number of unbranched alkanes of at least 4 members (excludes halogenated alkanes) is 40. The third kappa shape index (κ3) is 62.0. The van der Waals surface area contributed by atoms with Crippen molar-refractivity contribution in [3.63, 3.8) is 0 Å². The van der Waals surface area contributed by atoms with Gasteiger partial charge in [0, 0.05) is 19.3 Å². The van der Waals surface area contributed by atoms with Crippen LogP contribution in [0.15, 0.2) is 60.8 Å². The summed E-state index contributed by atoms with van der Waals surface area (Å²) in [6.45, 7) is 6.56. The Morgan fingerprint density at radius 2 is 0.513 bits per heavy atom. The smallest absolute Gasteiger partial charge is 0.306 e. The second-order valence-electron chi connectivity index (χ2n) is 22.4. The van der Waals surface area contributed by atoms with E-state index < -0.39 is 6.10 Å². The zero-order valence-electron chi connectivity index (χ0n) is 50.8. The number of allylic oxidation sites excluding steroid dienone is 10. The maximum atomic E-state index is 12.9. The van der Waals surface area contributed by atoms with Gasteiger partial charge < -0.3 is 14.2 Å². The van der Waals surface area contributed by atoms with Gasteiger partial charge in [0.2, 0.25) is 0 Å². The molecule has 0 amide bonds. The Labute approximate surface area is 472 Å². The lowest BCUT2D eigenvalue weighted by molar-refractivity contribution is -0.167. The van der Waals surface area contributed by atoms with E-state index in [9.17, 15) is 14.4 Å². The summed E-state index contributed by atoms with van der Waals surface area (Å²) < 4.78 is 16.9. The summed E-state index contributed by atoms with van der Waals surface area (Å²) in [5.41, 5.74) is 0. The van der Waals surface area contributed by atoms with Gasteiger partial charge in [-0.15, -0.1) is 0 Å². The summed E-state index contributed by atoms with van der Waals surface area (Å²) in [7, 11) is 0. The minimum Gasteiger partial charge on any atom is -0.462 e. The molecule has 0 aromatic heterocycles. The van der Waals surface area contributed by atoms with Crippen molar-refractivity contribution < 1.29 is 28.6 Å². The summed E-state index contributed by atoms with van der Waals surface area (Å²) in [4.78, 5) is 38.3. The number of hydrogen-bond donors (Lipinski definition) is 0. The van der Waals surface area contributed by atoms with Crippen molar-refractivity contribution in [1.29, 1.82) is 0 Å². The van der Waals surface area contributed by atoms with Crippen LogP contribution in [0.5, 0.6) is 0 Å². The Bertz CT molecular complexity index is 1360. The zero-order chi connectivity index (χ0) is 55.0. The monoisotopic (exact) mass is 1060 g/mol. The Kier molecular flexibility index (Phi) is 62.2. The fourth-order valence-electron chi connectivity index (χ4n) is 9.83. The molecule has 1 atom stereocenters. The Hall–Kier alpha value is -2.89. The number of hydrogen-bond acceptors (Lipinski definition) is 6. The molecule has 6 nitrogen and oxygen atoms in total. The normalized spacial score (nSPS) is 12.4. The molecule has 0 fully saturated rings. The van der Waals surface area contributed by atoms with Gasteiger partial charge in [0.05, 0.1) is 0 Å². The Balaban J connectivity index is 4.23. The summed E-state index contributed by atoms with van der Waals surface area (Å²) in [5.74, 6) is -0.877. The minimum atomic E-state index is -0.782. The fourth-order valence-corrected chi connectivity index (χ4v) is 9.83. The molecule has 0 N–H and O–H groups in total. The van der Waals surface area contributed by atoms with Gasteiger partial charge in [-0.3, -0.25) is 14.4 Å². The summed E-state index contributed by atoms with van der Waals surface area (Å²) in [6, 6.07) is 0. The first-order valence-corrected chi connectivity index (χ1v) is 33.3. The minimum absolute atomic E-state index is 0.0778. The van der Waals surface area contributed by atoms with Gasteiger partial charge in [-0.25, -0.2) is 0 Å². The highest BCUT2D eigenvalue weighted by Gasteiger charge is 2.19. The standard InChI is InChI=1S/C70H126O6/c1-4-7-10-13-16-19-22-24-26-28-30-32-33-34-35-36-38-39-41-43-45-48-51-54-57-60-63-69(72)75-66-67(65-74-68(71)62-59-56-53-50-47-21-18-15-12-9-6-3)76-70(73)64-61-58-55-52-49-46-44-42-40-37-31-29-27-25-23-20-17-14-11-8-5-2/h8,11,17,20,25,27,31,37,42,44,67H,4-7,9-10,12-16,18-19,21-24,26,28-30,32-36,38-41,43,45-66H2,1-3H3/b11-8-,20-17-,27-25-,37-31-,44-42-. The summed E-state index contributed by atoms with van der Waals surface area (Å²) in [6.07, 6.45) is 82.5. The van der Waals surface area contributed by atoms with Crippen molar-refractivity contribution in [1.82, 2.24) is 0 Å². The van der Waals surface area contributed by atoms with Crippen molar-refractivity contribution in [3.8, 4) is 0 Å². The van der Waals surface area contributed by atoms with E-state index >= 15 is 0 Å². The van der Waals surface area contributed by atoms with Crippen LogP contribution in [0.3, 0.4) is 0 Å². The van der Waals surface area contributed by atoms with E-state index in [1.54, 1.807) is 0 Å². The quantitative estimate of drug-likeness (QED) is 0.0261. The molecule has 0 saturated carbocycles. The SMILES string of the molecule is CC/C=C\C/C=C\C/C=C\C/C=C\C/C=C\CCCCCCCC(=O)OC(COC(=O)CCCCCCCCCCCCC)COC(=O)CCCCCCCCCCCCCCCCCCCCCCCCCCCC. The molecule has 0 aliphatic heterocycles. The Morgan fingerprint density at radius 1 is 0.276 bits per heavy atom. The van der Waals surface area contributed by atoms with Crippen molar-refractivity contribution in [3.05, 3.63) is 60.8 Å². The average Bonchev–Trinajstić information content (AvgIpc) is 3.42. The van der Waals surface area contributed by atoms with Crippen LogP contribution in [0, 0.1) is 0 Å². The molecule has 0 rings (SSSR count). The molecule has 76 heavy (non-hydrogen) atoms. The van der Waals surface area contributed by atoms with Crippen molar-refractivity contribution in [2.24, 2.45) is 0 Å². The van der Waals surface area contributed by atoms with E-state index in [1.165, 1.54) is 199 Å². The average molecular weight is 1060 g/mol. The molecule has 0 aromatic carbocycles. The molecule has 0 spiro atoms. The van der Waals surface area contributed by atoms with E-state index in [1.807, 2.05) is 0 Å². The van der Waals surface area contributed by atoms with Crippen LogP contribution in [0.25, 0.3) is 0 Å². The Morgan fingerprint density at radius 3 is 0.803 bits per heavy atom. The molecule has 0 saturated heterocycles.